The molecule has 2 aromatic rings. The van der Waals surface area contributed by atoms with Gasteiger partial charge < -0.3 is 9.67 Å². The number of para-hydroxylation sites is 1. The first-order valence-corrected chi connectivity index (χ1v) is 6.57. The lowest BCUT2D eigenvalue weighted by molar-refractivity contribution is 0.173. The van der Waals surface area contributed by atoms with E-state index in [1.807, 2.05) is 43.6 Å². The zero-order chi connectivity index (χ0) is 13.0. The lowest BCUT2D eigenvalue weighted by atomic mass is 10.0. The van der Waals surface area contributed by atoms with Crippen LogP contribution in [0.25, 0.3) is 5.69 Å². The minimum absolute atomic E-state index is 0.418. The Morgan fingerprint density at radius 3 is 2.78 bits per heavy atom. The molecular weight excluding hydrogens is 224 g/mol. The molecule has 1 N–H and O–H groups in total. The standard InChI is InChI=1S/C15H20N2O/c1-3-7-15-16-10-11-17(15)13-9-6-5-8-12(13)14(18)4-2/h5-6,8-11,14,18H,3-4,7H2,1-2H3/t14-/m1/s1. The molecule has 1 aromatic carbocycles. The molecule has 0 bridgehead atoms. The van der Waals surface area contributed by atoms with E-state index in [4.69, 9.17) is 0 Å². The lowest BCUT2D eigenvalue weighted by Crippen LogP contribution is -2.06. The number of nitrogens with zero attached hydrogens (tertiary/aromatic N) is 2. The van der Waals surface area contributed by atoms with Crippen molar-refractivity contribution in [2.24, 2.45) is 0 Å². The Labute approximate surface area is 108 Å². The van der Waals surface area contributed by atoms with Crippen LogP contribution >= 0.6 is 0 Å². The van der Waals surface area contributed by atoms with Crippen LogP contribution in [0.4, 0.5) is 0 Å². The summed E-state index contributed by atoms with van der Waals surface area (Å²) in [6.45, 7) is 4.13. The molecule has 0 amide bonds. The summed E-state index contributed by atoms with van der Waals surface area (Å²) in [7, 11) is 0. The zero-order valence-corrected chi connectivity index (χ0v) is 11.0. The summed E-state index contributed by atoms with van der Waals surface area (Å²) < 4.78 is 2.08. The van der Waals surface area contributed by atoms with Crippen molar-refractivity contribution in [2.75, 3.05) is 0 Å². The van der Waals surface area contributed by atoms with Gasteiger partial charge in [0.1, 0.15) is 5.82 Å². The third-order valence-electron chi connectivity index (χ3n) is 3.13. The van der Waals surface area contributed by atoms with Gasteiger partial charge in [-0.3, -0.25) is 0 Å². The predicted octanol–water partition coefficient (Wildman–Crippen LogP) is 3.27. The minimum Gasteiger partial charge on any atom is -0.388 e. The lowest BCUT2D eigenvalue weighted by Gasteiger charge is -2.16. The monoisotopic (exact) mass is 244 g/mol. The Bertz CT molecular complexity index is 505. The number of hydrogen-bond donors (Lipinski definition) is 1. The average Bonchev–Trinajstić information content (AvgIpc) is 2.86. The maximum absolute atomic E-state index is 10.1. The van der Waals surface area contributed by atoms with Crippen LogP contribution in [0.2, 0.25) is 0 Å². The smallest absolute Gasteiger partial charge is 0.113 e. The first kappa shape index (κ1) is 12.8. The van der Waals surface area contributed by atoms with Crippen LogP contribution < -0.4 is 0 Å². The van der Waals surface area contributed by atoms with Gasteiger partial charge in [-0.15, -0.1) is 0 Å². The number of rotatable bonds is 5. The van der Waals surface area contributed by atoms with Crippen LogP contribution in [-0.2, 0) is 6.42 Å². The van der Waals surface area contributed by atoms with Gasteiger partial charge in [-0.05, 0) is 18.9 Å². The van der Waals surface area contributed by atoms with Crippen LogP contribution in [0, 0.1) is 0 Å². The Kier molecular flexibility index (Phi) is 4.15. The van der Waals surface area contributed by atoms with Gasteiger partial charge in [0.2, 0.25) is 0 Å². The Morgan fingerprint density at radius 1 is 1.28 bits per heavy atom. The van der Waals surface area contributed by atoms with Crippen LogP contribution in [0.5, 0.6) is 0 Å². The summed E-state index contributed by atoms with van der Waals surface area (Å²) in [5.41, 5.74) is 2.00. The second-order valence-corrected chi connectivity index (χ2v) is 4.45. The predicted molar refractivity (Wildman–Crippen MR) is 72.8 cm³/mol. The van der Waals surface area contributed by atoms with E-state index >= 15 is 0 Å². The van der Waals surface area contributed by atoms with E-state index < -0.39 is 6.10 Å². The highest BCUT2D eigenvalue weighted by molar-refractivity contribution is 5.43. The Hall–Kier alpha value is -1.61. The summed E-state index contributed by atoms with van der Waals surface area (Å²) in [5.74, 6) is 1.05. The molecule has 0 fully saturated rings. The van der Waals surface area contributed by atoms with Crippen molar-refractivity contribution in [1.29, 1.82) is 0 Å². The van der Waals surface area contributed by atoms with Crippen LogP contribution in [0.15, 0.2) is 36.7 Å². The number of hydrogen-bond acceptors (Lipinski definition) is 2. The molecule has 0 unspecified atom stereocenters. The zero-order valence-electron chi connectivity index (χ0n) is 11.0. The molecule has 96 valence electrons. The van der Waals surface area contributed by atoms with Crippen molar-refractivity contribution in [3.8, 4) is 5.69 Å². The molecule has 0 saturated heterocycles. The minimum atomic E-state index is -0.418. The molecule has 3 heteroatoms. The van der Waals surface area contributed by atoms with Gasteiger partial charge in [-0.2, -0.15) is 0 Å². The van der Waals surface area contributed by atoms with E-state index in [-0.39, 0.29) is 0 Å². The van der Waals surface area contributed by atoms with Gasteiger partial charge in [0.25, 0.3) is 0 Å². The largest absolute Gasteiger partial charge is 0.388 e. The van der Waals surface area contributed by atoms with Crippen LogP contribution in [-0.4, -0.2) is 14.7 Å². The third-order valence-corrected chi connectivity index (χ3v) is 3.13. The number of aromatic nitrogens is 2. The molecule has 3 nitrogen and oxygen atoms in total. The molecule has 18 heavy (non-hydrogen) atoms. The number of aliphatic hydroxyl groups excluding tert-OH is 1. The van der Waals surface area contributed by atoms with Crippen molar-refractivity contribution in [2.45, 2.75) is 39.2 Å². The molecule has 0 radical (unpaired) electrons. The summed E-state index contributed by atoms with van der Waals surface area (Å²) in [6, 6.07) is 7.99. The second kappa shape index (κ2) is 5.83. The van der Waals surface area contributed by atoms with E-state index in [0.717, 1.165) is 36.3 Å². The summed E-state index contributed by atoms with van der Waals surface area (Å²) in [6.07, 6.45) is 6.10. The van der Waals surface area contributed by atoms with Gasteiger partial charge in [-0.1, -0.05) is 32.0 Å². The van der Waals surface area contributed by atoms with Crippen molar-refractivity contribution < 1.29 is 5.11 Å². The molecular formula is C15H20N2O. The van der Waals surface area contributed by atoms with Gasteiger partial charge >= 0.3 is 0 Å². The number of imidazole rings is 1. The molecule has 1 heterocycles. The quantitative estimate of drug-likeness (QED) is 0.876. The first-order valence-electron chi connectivity index (χ1n) is 6.57. The first-order chi connectivity index (χ1) is 8.77. The summed E-state index contributed by atoms with van der Waals surface area (Å²) >= 11 is 0. The van der Waals surface area contributed by atoms with Crippen LogP contribution in [0.1, 0.15) is 44.2 Å². The van der Waals surface area contributed by atoms with Crippen LogP contribution in [0.3, 0.4) is 0 Å². The number of aliphatic hydroxyl groups is 1. The van der Waals surface area contributed by atoms with Crippen molar-refractivity contribution in [3.63, 3.8) is 0 Å². The highest BCUT2D eigenvalue weighted by atomic mass is 16.3. The third kappa shape index (κ3) is 2.46. The fourth-order valence-corrected chi connectivity index (χ4v) is 2.17. The molecule has 0 aliphatic rings. The normalized spacial score (nSPS) is 12.6. The van der Waals surface area contributed by atoms with Crippen molar-refractivity contribution in [1.82, 2.24) is 9.55 Å². The highest BCUT2D eigenvalue weighted by Gasteiger charge is 2.13. The highest BCUT2D eigenvalue weighted by Crippen LogP contribution is 2.24. The molecule has 1 aromatic heterocycles. The van der Waals surface area contributed by atoms with Gasteiger partial charge in [-0.25, -0.2) is 4.98 Å². The number of benzene rings is 1. The molecule has 0 saturated carbocycles. The fraction of sp³-hybridized carbons (Fsp3) is 0.400. The van der Waals surface area contributed by atoms with E-state index in [1.54, 1.807) is 0 Å². The summed E-state index contributed by atoms with van der Waals surface area (Å²) in [5, 5.41) is 10.1. The Morgan fingerprint density at radius 2 is 2.06 bits per heavy atom. The van der Waals surface area contributed by atoms with Gasteiger partial charge in [0.05, 0.1) is 11.8 Å². The van der Waals surface area contributed by atoms with E-state index in [2.05, 4.69) is 16.5 Å². The van der Waals surface area contributed by atoms with Gasteiger partial charge in [0.15, 0.2) is 0 Å². The van der Waals surface area contributed by atoms with E-state index in [9.17, 15) is 5.11 Å². The topological polar surface area (TPSA) is 38.0 Å². The second-order valence-electron chi connectivity index (χ2n) is 4.45. The SMILES string of the molecule is CCCc1nccn1-c1ccccc1[C@H](O)CC. The van der Waals surface area contributed by atoms with E-state index in [1.165, 1.54) is 0 Å². The number of aryl methyl sites for hydroxylation is 1. The Balaban J connectivity index is 2.46. The van der Waals surface area contributed by atoms with E-state index in [0.29, 0.717) is 0 Å². The van der Waals surface area contributed by atoms with Gasteiger partial charge in [0, 0.05) is 24.4 Å². The fourth-order valence-electron chi connectivity index (χ4n) is 2.17. The molecule has 0 spiro atoms. The molecule has 2 rings (SSSR count). The molecule has 0 aliphatic heterocycles. The average molecular weight is 244 g/mol. The van der Waals surface area contributed by atoms with Crippen molar-refractivity contribution in [3.05, 3.63) is 48.0 Å². The summed E-state index contributed by atoms with van der Waals surface area (Å²) in [4.78, 5) is 4.39. The molecule has 0 aliphatic carbocycles. The maximum Gasteiger partial charge on any atom is 0.113 e. The van der Waals surface area contributed by atoms with Crippen molar-refractivity contribution >= 4 is 0 Å². The maximum atomic E-state index is 10.1. The molecule has 1 atom stereocenters.